The molecule has 0 radical (unpaired) electrons. The van der Waals surface area contributed by atoms with Crippen molar-refractivity contribution in [3.05, 3.63) is 45.9 Å². The Labute approximate surface area is 297 Å². The highest BCUT2D eigenvalue weighted by molar-refractivity contribution is 7.09. The lowest BCUT2D eigenvalue weighted by molar-refractivity contribution is -0.142. The maximum atomic E-state index is 14.1. The summed E-state index contributed by atoms with van der Waals surface area (Å²) in [5.74, 6) is -3.15. The van der Waals surface area contributed by atoms with E-state index in [1.165, 1.54) is 0 Å². The minimum Gasteiger partial charge on any atom is -0.481 e. The number of carbonyl (C=O) groups is 4. The number of thiazole rings is 1. The molecule has 272 valence electrons. The Morgan fingerprint density at radius 2 is 1.84 bits per heavy atom. The molecular weight excluding hydrogens is 644 g/mol. The van der Waals surface area contributed by atoms with Crippen LogP contribution in [0.15, 0.2) is 29.6 Å². The number of nitrogens with zero attached hydrogens (tertiary/aromatic N) is 3. The molecule has 1 saturated heterocycles. The number of anilines is 1. The first-order valence-electron chi connectivity index (χ1n) is 18.4. The zero-order chi connectivity index (χ0) is 38.0. The van der Waals surface area contributed by atoms with Crippen molar-refractivity contribution in [1.82, 2.24) is 25.4 Å². The van der Waals surface area contributed by atoms with Gasteiger partial charge in [-0.2, -0.15) is 0 Å². The third-order valence-corrected chi connectivity index (χ3v) is 10.7. The first-order valence-corrected chi connectivity index (χ1v) is 17.9. The number of nitrogens with two attached hydrogens (primary N) is 1. The van der Waals surface area contributed by atoms with Gasteiger partial charge >= 0.3 is 5.97 Å². The van der Waals surface area contributed by atoms with Gasteiger partial charge in [-0.05, 0) is 75.7 Å². The number of aliphatic carboxylic acids is 1. The monoisotopic (exact) mass is 702 g/mol. The van der Waals surface area contributed by atoms with E-state index < -0.39 is 53.5 Å². The molecule has 1 aliphatic heterocycles. The molecule has 6 N–H and O–H groups in total. The summed E-state index contributed by atoms with van der Waals surface area (Å²) in [5.41, 5.74) is 6.25. The summed E-state index contributed by atoms with van der Waals surface area (Å²) in [5, 5.41) is 28.6. The van der Waals surface area contributed by atoms with Gasteiger partial charge in [-0.25, -0.2) is 4.98 Å². The van der Waals surface area contributed by atoms with Gasteiger partial charge in [0.05, 0.1) is 11.5 Å². The molecule has 12 nitrogen and oxygen atoms in total. The second-order valence-electron chi connectivity index (χ2n) is 13.9. The van der Waals surface area contributed by atoms with Crippen LogP contribution in [0.3, 0.4) is 0 Å². The molecule has 0 unspecified atom stereocenters. The first kappa shape index (κ1) is 36.7. The highest BCUT2D eigenvalue weighted by Gasteiger charge is 2.43. The van der Waals surface area contributed by atoms with Gasteiger partial charge in [0.2, 0.25) is 11.8 Å². The van der Waals surface area contributed by atoms with E-state index in [4.69, 9.17) is 8.48 Å². The average molecular weight is 703 g/mol. The number of likely N-dealkylation sites (N-methyl/N-ethyl adjacent to an activating group) is 2. The number of hydrogen-bond donors (Lipinski definition) is 5. The van der Waals surface area contributed by atoms with Crippen molar-refractivity contribution in [3.8, 4) is 0 Å². The Hall–Kier alpha value is -3.55. The molecular formula is C36H56N6O6S. The van der Waals surface area contributed by atoms with Crippen LogP contribution < -0.4 is 16.4 Å². The Balaban J connectivity index is 1.74. The van der Waals surface area contributed by atoms with Crippen LogP contribution in [0.4, 0.5) is 5.69 Å². The number of hydrogen-bond acceptors (Lipinski definition) is 9. The number of carboxylic acid groups (broad SMARTS) is 1. The molecule has 3 amide bonds. The van der Waals surface area contributed by atoms with Gasteiger partial charge in [0.15, 0.2) is 0 Å². The number of carboxylic acids is 1. The van der Waals surface area contributed by atoms with E-state index >= 15 is 0 Å². The van der Waals surface area contributed by atoms with Crippen molar-refractivity contribution in [3.63, 3.8) is 0 Å². The molecule has 0 aliphatic carbocycles. The lowest BCUT2D eigenvalue weighted by Crippen LogP contribution is -2.60. The fourth-order valence-corrected chi connectivity index (χ4v) is 7.00. The van der Waals surface area contributed by atoms with E-state index in [2.05, 4.69) is 15.6 Å². The summed E-state index contributed by atoms with van der Waals surface area (Å²) < 4.78 is 16.1. The van der Waals surface area contributed by atoms with Crippen LogP contribution in [0.5, 0.6) is 0 Å². The standard InChI is InChI=1S/C36H56N6O6S/c1-9-22(4)30(40-35(48)36(6)15-10-16-41(36)7)33(45)42(8)28(21(2)3)19-29(43)32-39-27(20-49-32)31(44)38-26(17-23(5)34(46)47)18-24-11-13-25(37)14-12-24/h11-14,20-23,26,28-30,43H,9-10,15-19,37H2,1-8H3,(H,38,44)(H,40,48)(H,46,47)/t22-,23-,26+,28+,29+,30-,36-/m0/s1/i6D,7D. The van der Waals surface area contributed by atoms with Crippen LogP contribution in [0, 0.1) is 17.8 Å². The highest BCUT2D eigenvalue weighted by atomic mass is 32.1. The predicted octanol–water partition coefficient (Wildman–Crippen LogP) is 4.10. The number of aliphatic hydroxyl groups excluding tert-OH is 1. The molecule has 2 heterocycles. The molecule has 0 spiro atoms. The van der Waals surface area contributed by atoms with Gasteiger partial charge in [-0.1, -0.05) is 53.2 Å². The van der Waals surface area contributed by atoms with Gasteiger partial charge < -0.3 is 31.5 Å². The van der Waals surface area contributed by atoms with Crippen molar-refractivity contribution < 1.29 is 32.1 Å². The topological polar surface area (TPSA) is 178 Å². The van der Waals surface area contributed by atoms with Crippen molar-refractivity contribution in [2.45, 2.75) is 110 Å². The lowest BCUT2D eigenvalue weighted by Gasteiger charge is -2.38. The van der Waals surface area contributed by atoms with Crippen molar-refractivity contribution in [2.24, 2.45) is 17.8 Å². The van der Waals surface area contributed by atoms with E-state index in [1.807, 2.05) is 39.8 Å². The molecule has 3 rings (SSSR count). The van der Waals surface area contributed by atoms with Gasteiger partial charge in [0, 0.05) is 39.4 Å². The largest absolute Gasteiger partial charge is 0.481 e. The third-order valence-electron chi connectivity index (χ3n) is 9.79. The average Bonchev–Trinajstić information content (AvgIpc) is 3.78. The summed E-state index contributed by atoms with van der Waals surface area (Å²) in [6.45, 7) is 9.66. The fourth-order valence-electron chi connectivity index (χ4n) is 6.20. The molecule has 7 atom stereocenters. The number of amides is 3. The number of rotatable bonds is 17. The van der Waals surface area contributed by atoms with Crippen molar-refractivity contribution in [1.29, 1.82) is 0 Å². The van der Waals surface area contributed by atoms with Crippen LogP contribution in [-0.4, -0.2) is 93.0 Å². The smallest absolute Gasteiger partial charge is 0.306 e. The number of carbonyl (C=O) groups excluding carboxylic acids is 3. The molecule has 1 aromatic carbocycles. The highest BCUT2D eigenvalue weighted by Crippen LogP contribution is 2.30. The summed E-state index contributed by atoms with van der Waals surface area (Å²) in [4.78, 5) is 60.4. The number of nitrogen functional groups attached to an aromatic ring is 1. The second-order valence-corrected chi connectivity index (χ2v) is 14.8. The van der Waals surface area contributed by atoms with Gasteiger partial charge in [-0.15, -0.1) is 11.3 Å². The number of aromatic nitrogens is 1. The van der Waals surface area contributed by atoms with Crippen molar-refractivity contribution >= 4 is 40.7 Å². The predicted molar refractivity (Wildman–Crippen MR) is 192 cm³/mol. The summed E-state index contributed by atoms with van der Waals surface area (Å²) in [7, 11) is 1.56. The molecule has 1 fully saturated rings. The van der Waals surface area contributed by atoms with Crippen LogP contribution >= 0.6 is 11.3 Å². The minimum absolute atomic E-state index is 0.0804. The van der Waals surface area contributed by atoms with E-state index in [-0.39, 0.29) is 50.2 Å². The van der Waals surface area contributed by atoms with Crippen LogP contribution in [-0.2, 0) is 20.8 Å². The normalized spacial score (nSPS) is 20.7. The summed E-state index contributed by atoms with van der Waals surface area (Å²) in [6.07, 6.45) is 1.41. The maximum Gasteiger partial charge on any atom is 0.306 e. The number of benzene rings is 1. The minimum atomic E-state index is -1.14. The van der Waals surface area contributed by atoms with E-state index in [9.17, 15) is 29.4 Å². The number of aliphatic hydroxyl groups is 1. The zero-order valence-electron chi connectivity index (χ0n) is 31.6. The van der Waals surface area contributed by atoms with E-state index in [0.29, 0.717) is 42.9 Å². The van der Waals surface area contributed by atoms with Crippen LogP contribution in [0.2, 0.25) is 0 Å². The van der Waals surface area contributed by atoms with Gasteiger partial charge in [-0.3, -0.25) is 24.1 Å². The quantitative estimate of drug-likeness (QED) is 0.152. The Morgan fingerprint density at radius 1 is 1.14 bits per heavy atom. The Kier molecular flexibility index (Phi) is 13.0. The zero-order valence-corrected chi connectivity index (χ0v) is 30.5. The molecule has 1 aromatic heterocycles. The van der Waals surface area contributed by atoms with E-state index in [0.717, 1.165) is 16.9 Å². The van der Waals surface area contributed by atoms with Gasteiger partial charge in [0.25, 0.3) is 5.91 Å². The second kappa shape index (κ2) is 17.4. The molecule has 2 aromatic rings. The Bertz CT molecular complexity index is 1480. The maximum absolute atomic E-state index is 14.1. The van der Waals surface area contributed by atoms with Crippen LogP contribution in [0.1, 0.15) is 104 Å². The van der Waals surface area contributed by atoms with Gasteiger partial charge in [0.1, 0.15) is 22.8 Å². The SMILES string of the molecule is [2H]CN1CCC[C@@]1(C[2H])C(=O)N[C@H](C(=O)N(C)[C@H](C[C@@H](O)c1nc(C(=O)N[C@@H](Cc2ccc(N)cc2)C[C@H](C)C(=O)O)cs1)C(C)C)[C@@H](C)CC. The van der Waals surface area contributed by atoms with Crippen molar-refractivity contribution in [2.75, 3.05) is 26.3 Å². The number of likely N-dealkylation sites (tertiary alicyclic amines) is 1. The van der Waals surface area contributed by atoms with Crippen LogP contribution in [0.25, 0.3) is 0 Å². The molecule has 0 bridgehead atoms. The third kappa shape index (κ3) is 10.2. The van der Waals surface area contributed by atoms with E-state index in [1.54, 1.807) is 41.3 Å². The molecule has 49 heavy (non-hydrogen) atoms. The lowest BCUT2D eigenvalue weighted by atomic mass is 9.91. The fraction of sp³-hybridized carbons (Fsp3) is 0.639. The molecule has 1 aliphatic rings. The first-order chi connectivity index (χ1) is 24.1. The molecule has 0 saturated carbocycles. The Morgan fingerprint density at radius 3 is 2.43 bits per heavy atom. The summed E-state index contributed by atoms with van der Waals surface area (Å²) in [6, 6.07) is 5.36. The number of nitrogens with one attached hydrogen (secondary N) is 2. The summed E-state index contributed by atoms with van der Waals surface area (Å²) >= 11 is 1.12. The molecule has 13 heteroatoms.